The van der Waals surface area contributed by atoms with Gasteiger partial charge in [0, 0.05) is 31.7 Å². The molecule has 6 heteroatoms. The topological polar surface area (TPSA) is 49.7 Å². The molecule has 0 saturated heterocycles. The Bertz CT molecular complexity index is 1330. The molecule has 2 heterocycles. The summed E-state index contributed by atoms with van der Waals surface area (Å²) < 4.78 is 7.95. The first-order chi connectivity index (χ1) is 17.1. The molecule has 0 bridgehead atoms. The number of amides is 2. The third kappa shape index (κ3) is 4.35. The monoisotopic (exact) mass is 466 g/mol. The maximum atomic E-state index is 13.9. The number of hydrogen-bond acceptors (Lipinski definition) is 3. The van der Waals surface area contributed by atoms with E-state index in [0.717, 1.165) is 28.2 Å². The number of aromatic nitrogens is 1. The highest BCUT2D eigenvalue weighted by Crippen LogP contribution is 2.38. The second-order valence-electron chi connectivity index (χ2n) is 8.81. The Hall–Kier alpha value is -4.19. The van der Waals surface area contributed by atoms with Crippen LogP contribution in [0.15, 0.2) is 91.1 Å². The zero-order valence-electron chi connectivity index (χ0n) is 20.3. The lowest BCUT2D eigenvalue weighted by molar-refractivity contribution is 0.194. The minimum atomic E-state index is -0.270. The average Bonchev–Trinajstić information content (AvgIpc) is 3.29. The first-order valence-electron chi connectivity index (χ1n) is 11.9. The molecule has 3 aromatic carbocycles. The van der Waals surface area contributed by atoms with E-state index in [4.69, 9.17) is 4.74 Å². The quantitative estimate of drug-likeness (QED) is 0.388. The molecule has 35 heavy (non-hydrogen) atoms. The Morgan fingerprint density at radius 2 is 1.71 bits per heavy atom. The van der Waals surface area contributed by atoms with Gasteiger partial charge in [0.25, 0.3) is 0 Å². The molecule has 0 saturated carbocycles. The van der Waals surface area contributed by atoms with Crippen molar-refractivity contribution in [1.82, 2.24) is 9.47 Å². The maximum Gasteiger partial charge on any atom is 0.323 e. The zero-order valence-corrected chi connectivity index (χ0v) is 20.3. The number of nitrogens with zero attached hydrogens (tertiary/aromatic N) is 3. The van der Waals surface area contributed by atoms with Gasteiger partial charge in [-0.25, -0.2) is 4.79 Å². The van der Waals surface area contributed by atoms with Gasteiger partial charge >= 0.3 is 6.03 Å². The Morgan fingerprint density at radius 1 is 0.971 bits per heavy atom. The molecule has 1 aromatic heterocycles. The van der Waals surface area contributed by atoms with Gasteiger partial charge in [0.15, 0.2) is 0 Å². The number of anilines is 2. The van der Waals surface area contributed by atoms with Gasteiger partial charge < -0.3 is 24.4 Å². The summed E-state index contributed by atoms with van der Waals surface area (Å²) in [6, 6.07) is 27.9. The van der Waals surface area contributed by atoms with Crippen LogP contribution in [-0.2, 0) is 6.54 Å². The molecule has 0 fully saturated rings. The van der Waals surface area contributed by atoms with E-state index in [9.17, 15) is 4.79 Å². The van der Waals surface area contributed by atoms with E-state index in [2.05, 4.69) is 63.4 Å². The Morgan fingerprint density at radius 3 is 2.49 bits per heavy atom. The number of nitrogens with one attached hydrogen (secondary N) is 1. The van der Waals surface area contributed by atoms with Crippen molar-refractivity contribution in [2.24, 2.45) is 0 Å². The molecule has 0 unspecified atom stereocenters. The van der Waals surface area contributed by atoms with Crippen LogP contribution in [0.5, 0.6) is 5.75 Å². The predicted molar refractivity (Wildman–Crippen MR) is 141 cm³/mol. The number of carbonyl (C=O) groups excluding carboxylic acids is 1. The molecule has 178 valence electrons. The predicted octanol–water partition coefficient (Wildman–Crippen LogP) is 6.08. The molecule has 0 radical (unpaired) electrons. The lowest BCUT2D eigenvalue weighted by Crippen LogP contribution is -2.38. The zero-order chi connectivity index (χ0) is 24.4. The summed E-state index contributed by atoms with van der Waals surface area (Å²) in [4.78, 5) is 17.9. The first kappa shape index (κ1) is 22.6. The maximum absolute atomic E-state index is 13.9. The fourth-order valence-corrected chi connectivity index (χ4v) is 4.68. The van der Waals surface area contributed by atoms with E-state index >= 15 is 0 Å². The summed E-state index contributed by atoms with van der Waals surface area (Å²) in [6.45, 7) is 2.94. The van der Waals surface area contributed by atoms with Crippen LogP contribution in [0.25, 0.3) is 5.69 Å². The van der Waals surface area contributed by atoms with Crippen molar-refractivity contribution in [3.8, 4) is 11.4 Å². The molecule has 1 aliphatic rings. The first-order valence-corrected chi connectivity index (χ1v) is 11.9. The number of benzene rings is 3. The summed E-state index contributed by atoms with van der Waals surface area (Å²) in [5.74, 6) is 0.661. The van der Waals surface area contributed by atoms with E-state index in [-0.39, 0.29) is 12.1 Å². The van der Waals surface area contributed by atoms with Crippen molar-refractivity contribution in [2.75, 3.05) is 30.9 Å². The molecular formula is C29H30N4O2. The van der Waals surface area contributed by atoms with Gasteiger partial charge in [0.05, 0.1) is 30.6 Å². The Labute approximate surface area is 206 Å². The molecule has 1 N–H and O–H groups in total. The molecule has 4 aromatic rings. The smallest absolute Gasteiger partial charge is 0.323 e. The number of ether oxygens (including phenoxy) is 1. The summed E-state index contributed by atoms with van der Waals surface area (Å²) in [5, 5.41) is 3.12. The molecular weight excluding hydrogens is 436 g/mol. The van der Waals surface area contributed by atoms with Gasteiger partial charge in [0.2, 0.25) is 0 Å². The second-order valence-corrected chi connectivity index (χ2v) is 8.81. The number of hydrogen-bond donors (Lipinski definition) is 1. The van der Waals surface area contributed by atoms with Crippen molar-refractivity contribution in [3.63, 3.8) is 0 Å². The highest BCUT2D eigenvalue weighted by Gasteiger charge is 2.33. The van der Waals surface area contributed by atoms with Crippen LogP contribution in [0.4, 0.5) is 16.2 Å². The minimum Gasteiger partial charge on any atom is -0.492 e. The van der Waals surface area contributed by atoms with Crippen molar-refractivity contribution in [1.29, 1.82) is 0 Å². The van der Waals surface area contributed by atoms with Crippen LogP contribution in [0.3, 0.4) is 0 Å². The second kappa shape index (κ2) is 9.58. The molecule has 0 spiro atoms. The normalized spacial score (nSPS) is 14.5. The molecule has 0 aliphatic carbocycles. The number of carbonyl (C=O) groups is 1. The van der Waals surface area contributed by atoms with Gasteiger partial charge in [-0.1, -0.05) is 42.5 Å². The SMILES string of the molecule is CCOc1ccccc1NC(=O)N1Cc2ccccc2-n2cccc2[C@@H]1c1ccc(N(C)C)cc1. The van der Waals surface area contributed by atoms with Crippen molar-refractivity contribution in [3.05, 3.63) is 108 Å². The highest BCUT2D eigenvalue weighted by molar-refractivity contribution is 5.91. The summed E-state index contributed by atoms with van der Waals surface area (Å²) in [7, 11) is 4.05. The Balaban J connectivity index is 1.60. The molecule has 1 aliphatic heterocycles. The van der Waals surface area contributed by atoms with Gasteiger partial charge in [-0.2, -0.15) is 0 Å². The van der Waals surface area contributed by atoms with Gasteiger partial charge in [0.1, 0.15) is 5.75 Å². The standard InChI is InChI=1S/C29H30N4O2/c1-4-35-27-14-8-6-11-24(27)30-29(34)33-20-22-10-5-7-12-25(22)32-19-9-13-26(32)28(33)21-15-17-23(18-16-21)31(2)3/h5-19,28H,4,20H2,1-3H3,(H,30,34)/t28-/m0/s1. The molecule has 5 rings (SSSR count). The van der Waals surface area contributed by atoms with E-state index in [0.29, 0.717) is 24.6 Å². The average molecular weight is 467 g/mol. The molecule has 2 amide bonds. The van der Waals surface area contributed by atoms with Crippen molar-refractivity contribution < 1.29 is 9.53 Å². The summed E-state index contributed by atoms with van der Waals surface area (Å²) in [5.41, 5.74) is 6.05. The van der Waals surface area contributed by atoms with Gasteiger partial charge in [-0.05, 0) is 60.5 Å². The van der Waals surface area contributed by atoms with Crippen LogP contribution in [0, 0.1) is 0 Å². The van der Waals surface area contributed by atoms with E-state index in [1.807, 2.05) is 68.4 Å². The van der Waals surface area contributed by atoms with Crippen molar-refractivity contribution in [2.45, 2.75) is 19.5 Å². The van der Waals surface area contributed by atoms with Crippen molar-refractivity contribution >= 4 is 17.4 Å². The van der Waals surface area contributed by atoms with Crippen LogP contribution in [0.2, 0.25) is 0 Å². The van der Waals surface area contributed by atoms with Crippen LogP contribution >= 0.6 is 0 Å². The lowest BCUT2D eigenvalue weighted by Gasteiger charge is -2.31. The third-order valence-electron chi connectivity index (χ3n) is 6.38. The number of para-hydroxylation sites is 3. The van der Waals surface area contributed by atoms with Crippen LogP contribution < -0.4 is 15.0 Å². The fraction of sp³-hybridized carbons (Fsp3) is 0.207. The van der Waals surface area contributed by atoms with Crippen LogP contribution in [0.1, 0.15) is 29.8 Å². The van der Waals surface area contributed by atoms with E-state index < -0.39 is 0 Å². The van der Waals surface area contributed by atoms with E-state index in [1.54, 1.807) is 0 Å². The van der Waals surface area contributed by atoms with Crippen LogP contribution in [-0.4, -0.2) is 36.2 Å². The highest BCUT2D eigenvalue weighted by atomic mass is 16.5. The molecule has 1 atom stereocenters. The minimum absolute atomic E-state index is 0.178. The fourth-order valence-electron chi connectivity index (χ4n) is 4.68. The third-order valence-corrected chi connectivity index (χ3v) is 6.38. The lowest BCUT2D eigenvalue weighted by atomic mass is 10.0. The van der Waals surface area contributed by atoms with Gasteiger partial charge in [-0.3, -0.25) is 0 Å². The molecule has 6 nitrogen and oxygen atoms in total. The van der Waals surface area contributed by atoms with E-state index in [1.165, 1.54) is 0 Å². The summed E-state index contributed by atoms with van der Waals surface area (Å²) >= 11 is 0. The number of urea groups is 1. The Kier molecular flexibility index (Phi) is 6.19. The summed E-state index contributed by atoms with van der Waals surface area (Å²) in [6.07, 6.45) is 2.07. The van der Waals surface area contributed by atoms with Gasteiger partial charge in [-0.15, -0.1) is 0 Å². The number of rotatable bonds is 5. The number of fused-ring (bicyclic) bond motifs is 3. The largest absolute Gasteiger partial charge is 0.492 e.